The van der Waals surface area contributed by atoms with E-state index in [1.54, 1.807) is 27.7 Å². The predicted octanol–water partition coefficient (Wildman–Crippen LogP) is 2.93. The van der Waals surface area contributed by atoms with Crippen LogP contribution >= 0.6 is 0 Å². The smallest absolute Gasteiger partial charge is 0.316 e. The first-order valence-corrected chi connectivity index (χ1v) is 19.6. The number of aromatic hydroxyl groups is 2. The highest BCUT2D eigenvalue weighted by molar-refractivity contribution is 6.30. The Hall–Kier alpha value is -4.10. The monoisotopic (exact) mass is 809 g/mol. The van der Waals surface area contributed by atoms with Crippen molar-refractivity contribution in [3.63, 3.8) is 0 Å². The van der Waals surface area contributed by atoms with Gasteiger partial charge in [0.05, 0.1) is 48.3 Å². The van der Waals surface area contributed by atoms with E-state index in [9.17, 15) is 39.6 Å². The van der Waals surface area contributed by atoms with Crippen LogP contribution in [-0.4, -0.2) is 137 Å². The van der Waals surface area contributed by atoms with Gasteiger partial charge in [-0.2, -0.15) is 0 Å². The molecule has 16 heteroatoms. The zero-order chi connectivity index (χ0) is 42.0. The molecule has 3 heterocycles. The number of phenols is 2. The number of nitrogens with zero attached hydrogens (tertiary/aromatic N) is 1. The van der Waals surface area contributed by atoms with Crippen molar-refractivity contribution < 1.29 is 72.8 Å². The van der Waals surface area contributed by atoms with Gasteiger partial charge in [-0.15, -0.1) is 0 Å². The summed E-state index contributed by atoms with van der Waals surface area (Å²) in [7, 11) is 4.90. The minimum Gasteiger partial charge on any atom is -0.507 e. The van der Waals surface area contributed by atoms with Gasteiger partial charge in [0.2, 0.25) is 5.78 Å². The van der Waals surface area contributed by atoms with E-state index in [2.05, 4.69) is 0 Å². The third-order valence-corrected chi connectivity index (χ3v) is 12.1. The van der Waals surface area contributed by atoms with Crippen LogP contribution in [0.25, 0.3) is 0 Å². The molecule has 0 amide bonds. The Morgan fingerprint density at radius 1 is 0.914 bits per heavy atom. The summed E-state index contributed by atoms with van der Waals surface area (Å²) in [4.78, 5) is 54.9. The number of esters is 1. The van der Waals surface area contributed by atoms with Crippen molar-refractivity contribution in [2.24, 2.45) is 0 Å². The van der Waals surface area contributed by atoms with Gasteiger partial charge in [-0.1, -0.05) is 19.1 Å². The summed E-state index contributed by atoms with van der Waals surface area (Å²) in [6.45, 7) is 6.87. The highest BCUT2D eigenvalue weighted by Crippen LogP contribution is 2.54. The van der Waals surface area contributed by atoms with Crippen LogP contribution in [0.3, 0.4) is 0 Å². The minimum absolute atomic E-state index is 0.0221. The molecule has 0 unspecified atom stereocenters. The van der Waals surface area contributed by atoms with E-state index in [0.717, 1.165) is 0 Å². The Kier molecular flexibility index (Phi) is 11.7. The van der Waals surface area contributed by atoms with Crippen molar-refractivity contribution in [3.8, 4) is 11.5 Å². The molecule has 0 aromatic heterocycles. The number of carbonyl (C=O) groups excluding carboxylic acids is 4. The molecule has 7 rings (SSSR count). The van der Waals surface area contributed by atoms with E-state index in [1.807, 2.05) is 19.0 Å². The van der Waals surface area contributed by atoms with Crippen LogP contribution in [0.15, 0.2) is 36.4 Å². The summed E-state index contributed by atoms with van der Waals surface area (Å²) < 4.78 is 42.4. The Morgan fingerprint density at radius 3 is 2.24 bits per heavy atom. The van der Waals surface area contributed by atoms with Crippen LogP contribution < -0.4 is 0 Å². The van der Waals surface area contributed by atoms with E-state index in [-0.39, 0.29) is 70.9 Å². The maximum Gasteiger partial charge on any atom is 0.316 e. The standard InChI is InChI=1S/C42H51NO15/c1-8-42(51)17-28(33-22(35(42)41(50)52-7)14-23-34(38(33)49)37(48)32-21(36(23)47)10-9-11-26(32)45)56-30-15-24(43(5)6)39(19(3)54-30)58-31-16-27(46)40(20(4)55-31)57-29-13-12-25(44)18(2)53-29/h9-14,18-20,24,27-31,35,39-40,45-46,49,51H,8,15-17H2,1-7H3/t18-,19+,20+,24-,27-,28-,29+,30+,31+,35-,39-,40-,42+/m0/s1. The number of phenolic OH excluding ortho intramolecular Hbond substituents is 2. The summed E-state index contributed by atoms with van der Waals surface area (Å²) in [5.74, 6) is -4.79. The maximum atomic E-state index is 13.9. The lowest BCUT2D eigenvalue weighted by molar-refractivity contribution is -0.320. The molecule has 16 nitrogen and oxygen atoms in total. The van der Waals surface area contributed by atoms with Crippen LogP contribution in [0.2, 0.25) is 0 Å². The summed E-state index contributed by atoms with van der Waals surface area (Å²) >= 11 is 0. The predicted molar refractivity (Wildman–Crippen MR) is 201 cm³/mol. The summed E-state index contributed by atoms with van der Waals surface area (Å²) in [6.07, 6.45) is -4.94. The van der Waals surface area contributed by atoms with Crippen molar-refractivity contribution >= 4 is 23.3 Å². The fraction of sp³-hybridized carbons (Fsp3) is 0.571. The first-order chi connectivity index (χ1) is 27.5. The number of ether oxygens (including phenoxy) is 7. The van der Waals surface area contributed by atoms with E-state index in [4.69, 9.17) is 33.2 Å². The molecule has 0 bridgehead atoms. The van der Waals surface area contributed by atoms with Crippen LogP contribution in [-0.2, 0) is 42.7 Å². The zero-order valence-electron chi connectivity index (χ0n) is 33.4. The molecule has 2 saturated heterocycles. The summed E-state index contributed by atoms with van der Waals surface area (Å²) in [5, 5.41) is 45.8. The minimum atomic E-state index is -1.76. The second-order valence-electron chi connectivity index (χ2n) is 16.0. The molecule has 2 aromatic carbocycles. The zero-order valence-corrected chi connectivity index (χ0v) is 33.4. The molecule has 3 aliphatic heterocycles. The first-order valence-electron chi connectivity index (χ1n) is 19.6. The van der Waals surface area contributed by atoms with E-state index < -0.39 is 102 Å². The van der Waals surface area contributed by atoms with Gasteiger partial charge < -0.3 is 58.5 Å². The van der Waals surface area contributed by atoms with Gasteiger partial charge in [0.15, 0.2) is 30.4 Å². The van der Waals surface area contributed by atoms with Crippen LogP contribution in [0.4, 0.5) is 0 Å². The SMILES string of the molecule is CC[C@@]1(O)C[C@H](O[C@@H]2C[C@H](N(C)C)[C@@H](O[C@@H]3C[C@H](O)[C@@H](O[C@@H]4C=CC(=O)[C@H](C)O4)[C@@H](C)O3)[C@@H](C)O2)c2c(cc3c(c2O)C(=O)c2c(O)cccc2C3=O)[C@H]1C(=O)OC. The Morgan fingerprint density at radius 2 is 1.60 bits per heavy atom. The molecule has 0 radical (unpaired) electrons. The molecule has 5 aliphatic rings. The Balaban J connectivity index is 1.14. The molecule has 2 aromatic rings. The van der Waals surface area contributed by atoms with Crippen molar-refractivity contribution in [1.82, 2.24) is 4.90 Å². The lowest BCUT2D eigenvalue weighted by Crippen LogP contribution is -2.58. The van der Waals surface area contributed by atoms with Gasteiger partial charge >= 0.3 is 5.97 Å². The molecule has 0 saturated carbocycles. The number of carbonyl (C=O) groups is 4. The summed E-state index contributed by atoms with van der Waals surface area (Å²) in [5.41, 5.74) is -2.52. The van der Waals surface area contributed by atoms with Gasteiger partial charge in [0.1, 0.15) is 35.7 Å². The molecule has 2 aliphatic carbocycles. The molecule has 13 atom stereocenters. The van der Waals surface area contributed by atoms with E-state index >= 15 is 0 Å². The average Bonchev–Trinajstić information content (AvgIpc) is 3.17. The van der Waals surface area contributed by atoms with E-state index in [0.29, 0.717) is 0 Å². The number of aliphatic hydroxyl groups excluding tert-OH is 1. The molecule has 2 fully saturated rings. The molecular weight excluding hydrogens is 758 g/mol. The number of hydrogen-bond donors (Lipinski definition) is 4. The molecular formula is C42H51NO15. The largest absolute Gasteiger partial charge is 0.507 e. The van der Waals surface area contributed by atoms with Crippen LogP contribution in [0.1, 0.15) is 108 Å². The second-order valence-corrected chi connectivity index (χ2v) is 16.0. The molecule has 314 valence electrons. The normalized spacial score (nSPS) is 36.0. The van der Waals surface area contributed by atoms with Crippen molar-refractivity contribution in [2.45, 2.75) is 133 Å². The molecule has 58 heavy (non-hydrogen) atoms. The van der Waals surface area contributed by atoms with E-state index in [1.165, 1.54) is 43.5 Å². The first kappa shape index (κ1) is 42.0. The number of aliphatic hydroxyl groups is 2. The number of ketones is 3. The average molecular weight is 810 g/mol. The second kappa shape index (κ2) is 16.2. The number of benzene rings is 2. The fourth-order valence-electron chi connectivity index (χ4n) is 9.02. The molecule has 0 spiro atoms. The Bertz CT molecular complexity index is 1990. The lowest BCUT2D eigenvalue weighted by atomic mass is 9.67. The van der Waals surface area contributed by atoms with Gasteiger partial charge in [0.25, 0.3) is 0 Å². The highest BCUT2D eigenvalue weighted by atomic mass is 16.7. The van der Waals surface area contributed by atoms with Crippen molar-refractivity contribution in [3.05, 3.63) is 69.8 Å². The Labute approximate surface area is 335 Å². The number of rotatable bonds is 9. The molecule has 4 N–H and O–H groups in total. The number of fused-ring (bicyclic) bond motifs is 3. The van der Waals surface area contributed by atoms with Crippen molar-refractivity contribution in [1.29, 1.82) is 0 Å². The lowest BCUT2D eigenvalue weighted by Gasteiger charge is -2.48. The van der Waals surface area contributed by atoms with Gasteiger partial charge in [-0.25, -0.2) is 0 Å². The van der Waals surface area contributed by atoms with Crippen LogP contribution in [0, 0.1) is 0 Å². The number of hydrogen-bond acceptors (Lipinski definition) is 16. The third kappa shape index (κ3) is 7.39. The highest BCUT2D eigenvalue weighted by Gasteiger charge is 2.53. The number of likely N-dealkylation sites (N-methyl/N-ethyl adjacent to an activating group) is 1. The van der Waals surface area contributed by atoms with Crippen LogP contribution in [0.5, 0.6) is 11.5 Å². The maximum absolute atomic E-state index is 13.9. The van der Waals surface area contributed by atoms with Gasteiger partial charge in [0, 0.05) is 42.0 Å². The van der Waals surface area contributed by atoms with Gasteiger partial charge in [-0.05, 0) is 71.1 Å². The van der Waals surface area contributed by atoms with Crippen molar-refractivity contribution in [2.75, 3.05) is 21.2 Å². The fourth-order valence-corrected chi connectivity index (χ4v) is 9.02. The summed E-state index contributed by atoms with van der Waals surface area (Å²) in [6, 6.07) is 5.09. The van der Waals surface area contributed by atoms with Gasteiger partial charge in [-0.3, -0.25) is 19.2 Å². The number of methoxy groups -OCH3 is 1. The quantitative estimate of drug-likeness (QED) is 0.229. The third-order valence-electron chi connectivity index (χ3n) is 12.1. The topological polar surface area (TPSA) is 217 Å².